The fourth-order valence-corrected chi connectivity index (χ4v) is 5.61. The molecule has 2 fully saturated rings. The number of hydrogen-bond donors (Lipinski definition) is 1. The van der Waals surface area contributed by atoms with Crippen LogP contribution in [0.2, 0.25) is 5.02 Å². The molecule has 2 aromatic carbocycles. The lowest BCUT2D eigenvalue weighted by atomic mass is 9.68. The van der Waals surface area contributed by atoms with Gasteiger partial charge in [-0.1, -0.05) is 54.1 Å². The summed E-state index contributed by atoms with van der Waals surface area (Å²) in [7, 11) is 0. The molecule has 2 N–H and O–H groups in total. The van der Waals surface area contributed by atoms with E-state index in [4.69, 9.17) is 17.3 Å². The molecule has 0 aromatic heterocycles. The summed E-state index contributed by atoms with van der Waals surface area (Å²) >= 11 is 6.26. The van der Waals surface area contributed by atoms with E-state index in [0.717, 1.165) is 23.5 Å². The highest BCUT2D eigenvalue weighted by Gasteiger charge is 2.38. The van der Waals surface area contributed by atoms with Gasteiger partial charge < -0.3 is 10.6 Å². The van der Waals surface area contributed by atoms with E-state index in [-0.39, 0.29) is 30.2 Å². The molecule has 1 aliphatic carbocycles. The molecule has 1 aliphatic heterocycles. The summed E-state index contributed by atoms with van der Waals surface area (Å²) in [5, 5.41) is 0.827. The van der Waals surface area contributed by atoms with Gasteiger partial charge in [-0.3, -0.25) is 0 Å². The fourth-order valence-electron chi connectivity index (χ4n) is 5.42. The molecule has 1 saturated heterocycles. The van der Waals surface area contributed by atoms with Gasteiger partial charge in [0.05, 0.1) is 0 Å². The summed E-state index contributed by atoms with van der Waals surface area (Å²) in [6.45, 7) is 3.24. The van der Waals surface area contributed by atoms with E-state index in [1.54, 1.807) is 0 Å². The van der Waals surface area contributed by atoms with Gasteiger partial charge in [0, 0.05) is 23.0 Å². The third-order valence-corrected chi connectivity index (χ3v) is 7.51. The molecule has 2 aromatic rings. The maximum Gasteiger partial charge on any atom is 0.0408 e. The molecule has 5 heteroatoms. The molecule has 1 saturated carbocycles. The fraction of sp³-hybridized carbons (Fsp3) is 0.520. The summed E-state index contributed by atoms with van der Waals surface area (Å²) in [6.07, 6.45) is 8.78. The zero-order valence-electron chi connectivity index (χ0n) is 17.6. The molecule has 1 heterocycles. The number of nitrogens with zero attached hydrogens (tertiary/aromatic N) is 1. The van der Waals surface area contributed by atoms with Crippen molar-refractivity contribution in [3.8, 4) is 0 Å². The van der Waals surface area contributed by atoms with Crippen LogP contribution in [0.25, 0.3) is 0 Å². The monoisotopic (exact) mass is 468 g/mol. The van der Waals surface area contributed by atoms with Gasteiger partial charge in [0.2, 0.25) is 0 Å². The van der Waals surface area contributed by atoms with Crippen molar-refractivity contribution in [2.75, 3.05) is 19.6 Å². The zero-order valence-corrected chi connectivity index (χ0v) is 20.0. The second-order valence-corrected chi connectivity index (χ2v) is 9.33. The second-order valence-electron chi connectivity index (χ2n) is 8.90. The van der Waals surface area contributed by atoms with Gasteiger partial charge in [0.1, 0.15) is 0 Å². The smallest absolute Gasteiger partial charge is 0.0408 e. The zero-order chi connectivity index (χ0) is 19.4. The van der Waals surface area contributed by atoms with E-state index in [9.17, 15) is 0 Å². The summed E-state index contributed by atoms with van der Waals surface area (Å²) in [6, 6.07) is 20.1. The van der Waals surface area contributed by atoms with Crippen molar-refractivity contribution in [2.45, 2.75) is 56.4 Å². The number of piperidine rings is 1. The van der Waals surface area contributed by atoms with E-state index in [1.165, 1.54) is 69.2 Å². The van der Waals surface area contributed by atoms with Crippen LogP contribution in [0.5, 0.6) is 0 Å². The highest BCUT2D eigenvalue weighted by molar-refractivity contribution is 6.30. The highest BCUT2D eigenvalue weighted by atomic mass is 35.5. The van der Waals surface area contributed by atoms with Crippen molar-refractivity contribution in [1.29, 1.82) is 0 Å². The number of benzene rings is 2. The molecule has 0 unspecified atom stereocenters. The number of halogens is 3. The summed E-state index contributed by atoms with van der Waals surface area (Å²) in [4.78, 5) is 2.76. The second kappa shape index (κ2) is 11.7. The van der Waals surface area contributed by atoms with Crippen molar-refractivity contribution >= 4 is 36.4 Å². The SMILES string of the molecule is Cl.Cl.NC[C@]1(c2cccc(Cl)c2)CC[C@@H](N2CCC(Cc3ccccc3)CC2)CC1. The van der Waals surface area contributed by atoms with Gasteiger partial charge in [-0.15, -0.1) is 24.8 Å². The minimum Gasteiger partial charge on any atom is -0.330 e. The van der Waals surface area contributed by atoms with Crippen molar-refractivity contribution < 1.29 is 0 Å². The Bertz CT molecular complexity index is 752. The number of rotatable bonds is 5. The molecule has 0 amide bonds. The average molecular weight is 470 g/mol. The van der Waals surface area contributed by atoms with Crippen LogP contribution in [0.1, 0.15) is 49.7 Å². The van der Waals surface area contributed by atoms with Gasteiger partial charge in [0.15, 0.2) is 0 Å². The van der Waals surface area contributed by atoms with Crippen LogP contribution in [-0.4, -0.2) is 30.6 Å². The van der Waals surface area contributed by atoms with Gasteiger partial charge in [0.25, 0.3) is 0 Å². The van der Waals surface area contributed by atoms with E-state index >= 15 is 0 Å². The van der Waals surface area contributed by atoms with Gasteiger partial charge in [-0.2, -0.15) is 0 Å². The predicted molar refractivity (Wildman–Crippen MR) is 133 cm³/mol. The Morgan fingerprint density at radius 3 is 2.17 bits per heavy atom. The Morgan fingerprint density at radius 2 is 1.57 bits per heavy atom. The summed E-state index contributed by atoms with van der Waals surface area (Å²) < 4.78 is 0. The van der Waals surface area contributed by atoms with Gasteiger partial charge in [-0.25, -0.2) is 0 Å². The lowest BCUT2D eigenvalue weighted by Crippen LogP contribution is -2.48. The summed E-state index contributed by atoms with van der Waals surface area (Å²) in [5.74, 6) is 0.844. The normalized spacial score (nSPS) is 25.2. The molecular weight excluding hydrogens is 435 g/mol. The van der Waals surface area contributed by atoms with Crippen LogP contribution in [0.15, 0.2) is 54.6 Å². The first-order chi connectivity index (χ1) is 13.7. The Hall–Kier alpha value is -0.770. The van der Waals surface area contributed by atoms with Crippen LogP contribution in [0.3, 0.4) is 0 Å². The molecule has 2 aliphatic rings. The molecule has 0 spiro atoms. The predicted octanol–water partition coefficient (Wildman–Crippen LogP) is 6.28. The van der Waals surface area contributed by atoms with Crippen molar-refractivity contribution in [3.63, 3.8) is 0 Å². The molecule has 0 atom stereocenters. The lowest BCUT2D eigenvalue weighted by molar-refractivity contribution is 0.0875. The van der Waals surface area contributed by atoms with Crippen molar-refractivity contribution in [2.24, 2.45) is 11.7 Å². The molecule has 4 rings (SSSR count). The Morgan fingerprint density at radius 1 is 0.900 bits per heavy atom. The average Bonchev–Trinajstić information content (AvgIpc) is 2.75. The van der Waals surface area contributed by atoms with Crippen LogP contribution in [-0.2, 0) is 11.8 Å². The first-order valence-electron chi connectivity index (χ1n) is 10.9. The molecule has 0 bridgehead atoms. The van der Waals surface area contributed by atoms with E-state index in [0.29, 0.717) is 0 Å². The first kappa shape index (κ1) is 25.5. The Balaban J connectivity index is 0.00000160. The molecular formula is C25H35Cl3N2. The van der Waals surface area contributed by atoms with Gasteiger partial charge in [-0.05, 0) is 87.2 Å². The quantitative estimate of drug-likeness (QED) is 0.558. The molecule has 166 valence electrons. The van der Waals surface area contributed by atoms with Crippen LogP contribution >= 0.6 is 36.4 Å². The minimum absolute atomic E-state index is 0. The standard InChI is InChI=1S/C25H33ClN2.2ClH/c26-23-8-4-7-22(18-23)25(19-27)13-9-24(10-14-25)28-15-11-21(12-16-28)17-20-5-2-1-3-6-20;;/h1-8,18,21,24H,9-17,19,27H2;2*1H/t24-,25+;;. The molecule has 0 radical (unpaired) electrons. The highest BCUT2D eigenvalue weighted by Crippen LogP contribution is 2.41. The largest absolute Gasteiger partial charge is 0.330 e. The van der Waals surface area contributed by atoms with E-state index in [2.05, 4.69) is 53.4 Å². The minimum atomic E-state index is 0. The lowest BCUT2D eigenvalue weighted by Gasteiger charge is -2.45. The maximum absolute atomic E-state index is 6.28. The third kappa shape index (κ3) is 5.93. The van der Waals surface area contributed by atoms with Crippen molar-refractivity contribution in [3.05, 3.63) is 70.7 Å². The Labute approximate surface area is 199 Å². The number of likely N-dealkylation sites (tertiary alicyclic amines) is 1. The number of nitrogens with two attached hydrogens (primary N) is 1. The van der Waals surface area contributed by atoms with Crippen molar-refractivity contribution in [1.82, 2.24) is 4.90 Å². The third-order valence-electron chi connectivity index (χ3n) is 7.27. The van der Waals surface area contributed by atoms with Gasteiger partial charge >= 0.3 is 0 Å². The van der Waals surface area contributed by atoms with Crippen LogP contribution < -0.4 is 5.73 Å². The van der Waals surface area contributed by atoms with Crippen LogP contribution in [0.4, 0.5) is 0 Å². The van der Waals surface area contributed by atoms with E-state index < -0.39 is 0 Å². The first-order valence-corrected chi connectivity index (χ1v) is 11.3. The number of hydrogen-bond acceptors (Lipinski definition) is 2. The topological polar surface area (TPSA) is 29.3 Å². The maximum atomic E-state index is 6.28. The molecule has 30 heavy (non-hydrogen) atoms. The summed E-state index contributed by atoms with van der Waals surface area (Å²) in [5.41, 5.74) is 9.23. The molecule has 2 nitrogen and oxygen atoms in total. The van der Waals surface area contributed by atoms with Crippen LogP contribution in [0, 0.1) is 5.92 Å². The Kier molecular flexibility index (Phi) is 9.97. The van der Waals surface area contributed by atoms with E-state index in [1.807, 2.05) is 6.07 Å².